The number of aromatic hydroxyl groups is 6. The second-order valence-electron chi connectivity index (χ2n) is 26.5. The van der Waals surface area contributed by atoms with E-state index in [9.17, 15) is 60.3 Å². The van der Waals surface area contributed by atoms with Gasteiger partial charge in [0.25, 0.3) is 0 Å². The number of phenols is 6. The Kier molecular flexibility index (Phi) is 27.9. The highest BCUT2D eigenvalue weighted by Gasteiger charge is 2.27. The lowest BCUT2D eigenvalue weighted by Gasteiger charge is -2.23. The smallest absolute Gasteiger partial charge is 0.336 e. The minimum absolute atomic E-state index is 0.0930. The van der Waals surface area contributed by atoms with Crippen LogP contribution in [-0.4, -0.2) is 223 Å². The summed E-state index contributed by atoms with van der Waals surface area (Å²) in [6.45, 7) is -1.95. The molecule has 3 unspecified atom stereocenters. The van der Waals surface area contributed by atoms with Crippen LogP contribution in [0.5, 0.6) is 103 Å². The summed E-state index contributed by atoms with van der Waals surface area (Å²) in [6.07, 6.45) is -0.199. The average Bonchev–Trinajstić information content (AvgIpc) is 0.880. The maximum absolute atomic E-state index is 14.8. The maximum Gasteiger partial charge on any atom is 0.336 e. The van der Waals surface area contributed by atoms with Crippen molar-refractivity contribution in [2.24, 2.45) is 0 Å². The van der Waals surface area contributed by atoms with Gasteiger partial charge in [0.15, 0.2) is 69.0 Å². The molecule has 0 bridgehead atoms. The van der Waals surface area contributed by atoms with Gasteiger partial charge in [0, 0.05) is 77.5 Å². The maximum atomic E-state index is 14.8. The number of rotatable bonds is 42. The summed E-state index contributed by atoms with van der Waals surface area (Å²) in [6, 6.07) is 19.6. The highest BCUT2D eigenvalue weighted by molar-refractivity contribution is 5.57. The molecule has 0 radical (unpaired) electrons. The lowest BCUT2D eigenvalue weighted by atomic mass is 10.1. The molecule has 612 valence electrons. The highest BCUT2D eigenvalue weighted by Crippen LogP contribution is 2.44. The van der Waals surface area contributed by atoms with E-state index in [1.54, 1.807) is 72.8 Å². The van der Waals surface area contributed by atoms with Gasteiger partial charge in [0.2, 0.25) is 34.5 Å². The van der Waals surface area contributed by atoms with Crippen molar-refractivity contribution < 1.29 is 103 Å². The van der Waals surface area contributed by atoms with Crippen LogP contribution >= 0.6 is 0 Å². The quantitative estimate of drug-likeness (QED) is 0.0265. The van der Waals surface area contributed by atoms with E-state index in [-0.39, 0.29) is 182 Å². The Hall–Kier alpha value is -12.7. The largest absolute Gasteiger partial charge is 0.502 e. The van der Waals surface area contributed by atoms with E-state index in [1.807, 2.05) is 14.7 Å². The van der Waals surface area contributed by atoms with Crippen molar-refractivity contribution in [3.05, 3.63) is 173 Å². The molecule has 39 nitrogen and oxygen atoms in total. The van der Waals surface area contributed by atoms with E-state index in [2.05, 4.69) is 30.9 Å². The third-order valence-corrected chi connectivity index (χ3v) is 18.3. The van der Waals surface area contributed by atoms with Crippen LogP contribution in [0.1, 0.15) is 50.5 Å². The number of benzene rings is 6. The lowest BCUT2D eigenvalue weighted by Crippen LogP contribution is -2.57. The van der Waals surface area contributed by atoms with Gasteiger partial charge in [0.1, 0.15) is 0 Å². The molecule has 4 aromatic heterocycles. The van der Waals surface area contributed by atoms with Gasteiger partial charge in [-0.3, -0.25) is 14.7 Å². The molecule has 0 saturated carbocycles. The van der Waals surface area contributed by atoms with Crippen LogP contribution < -0.4 is 73.9 Å². The van der Waals surface area contributed by atoms with E-state index in [0.29, 0.717) is 64.2 Å². The second-order valence-corrected chi connectivity index (χ2v) is 26.5. The van der Waals surface area contributed by atoms with E-state index in [0.717, 1.165) is 0 Å². The Balaban J connectivity index is 0.930. The molecular weight excluding hydrogens is 1490 g/mol. The van der Waals surface area contributed by atoms with Crippen molar-refractivity contribution in [3.8, 4) is 103 Å². The Morgan fingerprint density at radius 3 is 0.579 bits per heavy atom. The molecule has 10 rings (SSSR count). The standard InChI is InChI=1S/C75H93N15O24/c1-103-55-13-43(14-56(104-2)67(55)94)25-82(26-44-15-57(105-3)68(95)58(16-44)106-4)31-49-34-85(79-76-49)37-52(91)40-88-73(100)89(41-53(92)38-86-35-50(77-80-86)32-83(27-45-17-59(107-5)69(96)60(18-45)108-6)28-46-19-61(109-7)70(97)62(20-46)110-8)75(102)90(74(88)101)42-54(93)39-87-36-51(78-81-87)33-84(29-47-21-63(111-9)71(98)64(22-47)112-10)30-48-23-65(113-11)72(99)66(24-48)114-12/h13-24,34-36,52-54,91-99H,25-33,37-42H2,1-12H3. The number of phenolic OH excluding ortho intramolecular Hbond substituents is 6. The molecule has 0 saturated heterocycles. The number of hydrogen-bond donors (Lipinski definition) is 9. The van der Waals surface area contributed by atoms with Gasteiger partial charge in [0.05, 0.1) is 160 Å². The lowest BCUT2D eigenvalue weighted by molar-refractivity contribution is 0.106. The van der Waals surface area contributed by atoms with Gasteiger partial charge in [-0.05, 0) is 106 Å². The zero-order valence-electron chi connectivity index (χ0n) is 64.9. The Morgan fingerprint density at radius 1 is 0.272 bits per heavy atom. The zero-order valence-corrected chi connectivity index (χ0v) is 64.9. The van der Waals surface area contributed by atoms with Crippen molar-refractivity contribution in [2.45, 2.75) is 116 Å². The molecule has 6 aromatic carbocycles. The molecule has 3 atom stereocenters. The molecule has 39 heteroatoms. The molecule has 0 fully saturated rings. The third-order valence-electron chi connectivity index (χ3n) is 18.3. The van der Waals surface area contributed by atoms with Crippen LogP contribution in [0, 0.1) is 0 Å². The predicted octanol–water partition coefficient (Wildman–Crippen LogP) is 3.07. The first-order valence-electron chi connectivity index (χ1n) is 35.2. The summed E-state index contributed by atoms with van der Waals surface area (Å²) in [7, 11) is 16.8. The van der Waals surface area contributed by atoms with E-state index >= 15 is 0 Å². The van der Waals surface area contributed by atoms with Crippen molar-refractivity contribution in [1.82, 2.24) is 73.4 Å². The summed E-state index contributed by atoms with van der Waals surface area (Å²) >= 11 is 0. The van der Waals surface area contributed by atoms with Gasteiger partial charge in [-0.15, -0.1) is 15.3 Å². The van der Waals surface area contributed by atoms with Crippen molar-refractivity contribution in [2.75, 3.05) is 85.3 Å². The SMILES string of the molecule is COc1cc(CN(Cc2cc(OC)c(O)c(OC)c2)Cc2cn(CC(O)Cn3c(=O)n(CC(O)Cn4cc(CN(Cc5cc(OC)c(O)c(OC)c5)Cc5cc(OC)c(O)c(OC)c5)nn4)c(=O)n(CC(O)Cn4cc(CN(Cc5cc(OC)c(O)c(OC)c5)Cc5cc(OC)c(O)c(OC)c5)nn4)c3=O)nn2)cc(OC)c1O. The molecule has 0 aliphatic rings. The topological polar surface area (TPSA) is 461 Å². The zero-order chi connectivity index (χ0) is 82.2. The van der Waals surface area contributed by atoms with E-state index in [4.69, 9.17) is 56.8 Å². The van der Waals surface area contributed by atoms with Crippen LogP contribution in [0.4, 0.5) is 0 Å². The summed E-state index contributed by atoms with van der Waals surface area (Å²) in [5, 5.41) is 126. The Bertz CT molecular complexity index is 4290. The minimum atomic E-state index is -1.60. The predicted molar refractivity (Wildman–Crippen MR) is 403 cm³/mol. The Labute approximate surface area is 652 Å². The van der Waals surface area contributed by atoms with Crippen LogP contribution in [0.2, 0.25) is 0 Å². The molecule has 114 heavy (non-hydrogen) atoms. The molecule has 9 N–H and O–H groups in total. The number of aromatic nitrogens is 12. The number of nitrogens with zero attached hydrogens (tertiary/aromatic N) is 15. The molecule has 10 aromatic rings. The van der Waals surface area contributed by atoms with Gasteiger partial charge in [-0.25, -0.2) is 42.1 Å². The van der Waals surface area contributed by atoms with Crippen LogP contribution in [0.15, 0.2) is 106 Å². The molecular formula is C75H93N15O24. The van der Waals surface area contributed by atoms with Crippen molar-refractivity contribution in [1.29, 1.82) is 0 Å². The van der Waals surface area contributed by atoms with Crippen LogP contribution in [0.3, 0.4) is 0 Å². The number of aliphatic hydroxyl groups is 3. The van der Waals surface area contributed by atoms with Crippen LogP contribution in [-0.2, 0) is 98.2 Å². The first-order valence-corrected chi connectivity index (χ1v) is 35.2. The fraction of sp³-hybridized carbons (Fsp3) is 0.400. The first-order chi connectivity index (χ1) is 54.8. The van der Waals surface area contributed by atoms with Crippen molar-refractivity contribution >= 4 is 0 Å². The fourth-order valence-corrected chi connectivity index (χ4v) is 13.1. The van der Waals surface area contributed by atoms with E-state index in [1.165, 1.54) is 118 Å². The first kappa shape index (κ1) is 83.8. The molecule has 0 amide bonds. The third kappa shape index (κ3) is 20.1. The summed E-state index contributed by atoms with van der Waals surface area (Å²) in [5.41, 5.74) is 1.34. The molecule has 0 aliphatic carbocycles. The van der Waals surface area contributed by atoms with Crippen LogP contribution in [0.25, 0.3) is 0 Å². The number of aliphatic hydroxyl groups excluding tert-OH is 3. The summed E-state index contributed by atoms with van der Waals surface area (Å²) in [4.78, 5) is 50.2. The van der Waals surface area contributed by atoms with Gasteiger partial charge in [-0.1, -0.05) is 15.6 Å². The number of ether oxygens (including phenoxy) is 12. The molecule has 0 aliphatic heterocycles. The van der Waals surface area contributed by atoms with E-state index < -0.39 is 55.0 Å². The number of methoxy groups -OCH3 is 12. The summed E-state index contributed by atoms with van der Waals surface area (Å²) in [5.74, 6) is 0.553. The fourth-order valence-electron chi connectivity index (χ4n) is 13.1. The average molecular weight is 1590 g/mol. The highest BCUT2D eigenvalue weighted by atomic mass is 16.5. The molecule has 4 heterocycles. The van der Waals surface area contributed by atoms with Gasteiger partial charge in [-0.2, -0.15) is 0 Å². The minimum Gasteiger partial charge on any atom is -0.502 e. The normalized spacial score (nSPS) is 12.3. The Morgan fingerprint density at radius 2 is 0.430 bits per heavy atom. The second kappa shape index (κ2) is 38.0. The molecule has 0 spiro atoms. The monoisotopic (exact) mass is 1590 g/mol. The number of hydrogen-bond acceptors (Lipinski definition) is 33. The van der Waals surface area contributed by atoms with Gasteiger partial charge >= 0.3 is 17.1 Å². The van der Waals surface area contributed by atoms with Crippen molar-refractivity contribution in [3.63, 3.8) is 0 Å². The van der Waals surface area contributed by atoms with Gasteiger partial charge < -0.3 is 103 Å². The summed E-state index contributed by atoms with van der Waals surface area (Å²) < 4.78 is 71.0.